The van der Waals surface area contributed by atoms with Gasteiger partial charge in [-0.25, -0.2) is 9.48 Å². The molecule has 7 heteroatoms. The summed E-state index contributed by atoms with van der Waals surface area (Å²) in [4.78, 5) is 25.4. The quantitative estimate of drug-likeness (QED) is 0.886. The molecule has 1 aliphatic rings. The van der Waals surface area contributed by atoms with E-state index in [2.05, 4.69) is 5.10 Å². The molecule has 1 N–H and O–H groups in total. The molecule has 0 saturated heterocycles. The van der Waals surface area contributed by atoms with Crippen molar-refractivity contribution in [1.82, 2.24) is 9.78 Å². The molecule has 3 unspecified atom stereocenters. The molecule has 3 atom stereocenters. The molecule has 0 bridgehead atoms. The lowest BCUT2D eigenvalue weighted by Crippen LogP contribution is -2.50. The van der Waals surface area contributed by atoms with Gasteiger partial charge in [0.15, 0.2) is 0 Å². The third kappa shape index (κ3) is 3.56. The van der Waals surface area contributed by atoms with Crippen LogP contribution in [-0.2, 0) is 16.1 Å². The van der Waals surface area contributed by atoms with E-state index in [0.717, 1.165) is 5.56 Å². The van der Waals surface area contributed by atoms with Crippen molar-refractivity contribution >= 4 is 17.9 Å². The Morgan fingerprint density at radius 1 is 1.15 bits per heavy atom. The fraction of sp³-hybridized carbons (Fsp3) is 0.421. The summed E-state index contributed by atoms with van der Waals surface area (Å²) in [5.41, 5.74) is 0.912. The summed E-state index contributed by atoms with van der Waals surface area (Å²) in [5.74, 6) is -0.189. The second-order valence-electron chi connectivity index (χ2n) is 6.62. The first-order valence-electron chi connectivity index (χ1n) is 8.74. The number of ether oxygens (including phenoxy) is 1. The number of nitrogens with zero attached hydrogens (tertiary/aromatic N) is 3. The Labute approximate surface area is 152 Å². The van der Waals surface area contributed by atoms with E-state index in [1.165, 1.54) is 0 Å². The first-order chi connectivity index (χ1) is 12.5. The molecule has 0 fully saturated rings. The molecule has 138 valence electrons. The first-order valence-corrected chi connectivity index (χ1v) is 8.74. The van der Waals surface area contributed by atoms with Crippen molar-refractivity contribution in [2.45, 2.75) is 45.4 Å². The maximum absolute atomic E-state index is 12.8. The maximum atomic E-state index is 12.8. The van der Waals surface area contributed by atoms with Gasteiger partial charge >= 0.3 is 12.1 Å². The Balaban J connectivity index is 1.79. The van der Waals surface area contributed by atoms with Crippen LogP contribution >= 0.6 is 0 Å². The van der Waals surface area contributed by atoms with Crippen LogP contribution in [-0.4, -0.2) is 33.0 Å². The predicted octanol–water partition coefficient (Wildman–Crippen LogP) is 3.47. The second-order valence-corrected chi connectivity index (χ2v) is 6.62. The highest BCUT2D eigenvalue weighted by atomic mass is 16.6. The second kappa shape index (κ2) is 7.59. The molecule has 0 radical (unpaired) electrons. The van der Waals surface area contributed by atoms with Crippen molar-refractivity contribution in [1.29, 1.82) is 0 Å². The highest BCUT2D eigenvalue weighted by molar-refractivity contribution is 5.87. The van der Waals surface area contributed by atoms with E-state index in [-0.39, 0.29) is 31.0 Å². The van der Waals surface area contributed by atoms with E-state index < -0.39 is 12.1 Å². The van der Waals surface area contributed by atoms with Gasteiger partial charge in [0.05, 0.1) is 12.2 Å². The van der Waals surface area contributed by atoms with Crippen molar-refractivity contribution in [2.24, 2.45) is 5.92 Å². The summed E-state index contributed by atoms with van der Waals surface area (Å²) >= 11 is 0. The van der Waals surface area contributed by atoms with Gasteiger partial charge in [0.1, 0.15) is 12.4 Å². The van der Waals surface area contributed by atoms with Gasteiger partial charge in [-0.2, -0.15) is 5.10 Å². The lowest BCUT2D eigenvalue weighted by atomic mass is 9.86. The summed E-state index contributed by atoms with van der Waals surface area (Å²) in [6.45, 7) is 4.13. The van der Waals surface area contributed by atoms with Crippen LogP contribution in [0.25, 0.3) is 0 Å². The average Bonchev–Trinajstić information content (AvgIpc) is 3.10. The number of hydrogen-bond donors (Lipinski definition) is 1. The highest BCUT2D eigenvalue weighted by Crippen LogP contribution is 2.38. The largest absolute Gasteiger partial charge is 0.481 e. The monoisotopic (exact) mass is 357 g/mol. The normalized spacial score (nSPS) is 21.9. The van der Waals surface area contributed by atoms with Crippen LogP contribution in [0.15, 0.2) is 42.6 Å². The number of benzene rings is 1. The number of fused-ring (bicyclic) bond motifs is 1. The lowest BCUT2D eigenvalue weighted by Gasteiger charge is -2.42. The van der Waals surface area contributed by atoms with Crippen molar-refractivity contribution in [3.63, 3.8) is 0 Å². The fourth-order valence-corrected chi connectivity index (χ4v) is 3.62. The van der Waals surface area contributed by atoms with Crippen LogP contribution in [0.2, 0.25) is 0 Å². The first kappa shape index (κ1) is 18.0. The molecule has 1 aromatic carbocycles. The fourth-order valence-electron chi connectivity index (χ4n) is 3.62. The molecule has 7 nitrogen and oxygen atoms in total. The van der Waals surface area contributed by atoms with Gasteiger partial charge < -0.3 is 9.84 Å². The summed E-state index contributed by atoms with van der Waals surface area (Å²) in [6, 6.07) is 11.1. The molecule has 2 heterocycles. The number of carboxylic acids is 1. The maximum Gasteiger partial charge on any atom is 0.416 e. The van der Waals surface area contributed by atoms with E-state index in [0.29, 0.717) is 12.2 Å². The van der Waals surface area contributed by atoms with Crippen LogP contribution in [0.4, 0.5) is 10.6 Å². The zero-order chi connectivity index (χ0) is 18.7. The molecule has 0 aliphatic carbocycles. The summed E-state index contributed by atoms with van der Waals surface area (Å²) in [6.07, 6.45) is 1.73. The van der Waals surface area contributed by atoms with Crippen molar-refractivity contribution in [3.8, 4) is 0 Å². The number of anilines is 1. The number of rotatable bonds is 5. The van der Waals surface area contributed by atoms with E-state index in [4.69, 9.17) is 9.84 Å². The number of hydrogen-bond acceptors (Lipinski definition) is 4. The van der Waals surface area contributed by atoms with Crippen LogP contribution < -0.4 is 4.90 Å². The Morgan fingerprint density at radius 2 is 1.88 bits per heavy atom. The zero-order valence-electron chi connectivity index (χ0n) is 14.9. The van der Waals surface area contributed by atoms with E-state index in [1.807, 2.05) is 44.2 Å². The highest BCUT2D eigenvalue weighted by Gasteiger charge is 2.40. The van der Waals surface area contributed by atoms with Gasteiger partial charge in [0.25, 0.3) is 0 Å². The van der Waals surface area contributed by atoms with E-state index >= 15 is 0 Å². The standard InChI is InChI=1S/C19H23N3O4/c1-13-16(8-9-18(23)24)14(2)22-17(10-11-20-22)21(13)19(25)26-12-15-6-4-3-5-7-15/h3-7,10-11,13-14,16H,8-9,12H2,1-2H3,(H,23,24). The molecule has 1 aliphatic heterocycles. The number of carbonyl (C=O) groups is 2. The predicted molar refractivity (Wildman–Crippen MR) is 95.9 cm³/mol. The van der Waals surface area contributed by atoms with Gasteiger partial charge in [-0.1, -0.05) is 30.3 Å². The molecule has 1 amide bonds. The summed E-state index contributed by atoms with van der Waals surface area (Å²) < 4.78 is 7.28. The smallest absolute Gasteiger partial charge is 0.416 e. The molecule has 1 aromatic heterocycles. The zero-order valence-corrected chi connectivity index (χ0v) is 14.9. The molecule has 26 heavy (non-hydrogen) atoms. The molecule has 0 spiro atoms. The van der Waals surface area contributed by atoms with Gasteiger partial charge in [0.2, 0.25) is 0 Å². The van der Waals surface area contributed by atoms with Crippen LogP contribution in [0.1, 0.15) is 38.3 Å². The molecule has 2 aromatic rings. The minimum Gasteiger partial charge on any atom is -0.481 e. The molecular formula is C19H23N3O4. The average molecular weight is 357 g/mol. The van der Waals surface area contributed by atoms with Crippen molar-refractivity contribution in [2.75, 3.05) is 4.90 Å². The Morgan fingerprint density at radius 3 is 2.58 bits per heavy atom. The number of amides is 1. The summed E-state index contributed by atoms with van der Waals surface area (Å²) in [5, 5.41) is 13.3. The van der Waals surface area contributed by atoms with Gasteiger partial charge in [-0.15, -0.1) is 0 Å². The molecular weight excluding hydrogens is 334 g/mol. The number of carbonyl (C=O) groups excluding carboxylic acids is 1. The third-order valence-electron chi connectivity index (χ3n) is 5.02. The topological polar surface area (TPSA) is 84.7 Å². The van der Waals surface area contributed by atoms with Gasteiger partial charge in [-0.05, 0) is 25.8 Å². The van der Waals surface area contributed by atoms with Crippen LogP contribution in [0, 0.1) is 5.92 Å². The van der Waals surface area contributed by atoms with Gasteiger partial charge in [0, 0.05) is 24.4 Å². The van der Waals surface area contributed by atoms with E-state index in [1.54, 1.807) is 21.8 Å². The Kier molecular flexibility index (Phi) is 5.25. The van der Waals surface area contributed by atoms with Crippen molar-refractivity contribution < 1.29 is 19.4 Å². The Bertz CT molecular complexity index is 774. The summed E-state index contributed by atoms with van der Waals surface area (Å²) in [7, 11) is 0. The Hall–Kier alpha value is -2.83. The van der Waals surface area contributed by atoms with Crippen LogP contribution in [0.5, 0.6) is 0 Å². The third-order valence-corrected chi connectivity index (χ3v) is 5.02. The van der Waals surface area contributed by atoms with E-state index in [9.17, 15) is 9.59 Å². The number of aromatic nitrogens is 2. The van der Waals surface area contributed by atoms with Crippen molar-refractivity contribution in [3.05, 3.63) is 48.2 Å². The molecule has 0 saturated carbocycles. The minimum absolute atomic E-state index is 0.00697. The van der Waals surface area contributed by atoms with Crippen LogP contribution in [0.3, 0.4) is 0 Å². The SMILES string of the molecule is CC1C(CCC(=O)O)C(C)n2nccc2N1C(=O)OCc1ccccc1. The lowest BCUT2D eigenvalue weighted by molar-refractivity contribution is -0.137. The van der Waals surface area contributed by atoms with Gasteiger partial charge in [-0.3, -0.25) is 9.69 Å². The molecule has 3 rings (SSSR count). The number of carboxylic acid groups (broad SMARTS) is 1. The minimum atomic E-state index is -0.839. The number of aliphatic carboxylic acids is 1.